The molecule has 20 heavy (non-hydrogen) atoms. The zero-order valence-electron chi connectivity index (χ0n) is 10.6. The van der Waals surface area contributed by atoms with Gasteiger partial charge in [-0.3, -0.25) is 0 Å². The van der Waals surface area contributed by atoms with Crippen molar-refractivity contribution in [3.63, 3.8) is 0 Å². The van der Waals surface area contributed by atoms with Crippen molar-refractivity contribution < 1.29 is 28.5 Å². The Balaban J connectivity index is 2.95. The second-order valence-electron chi connectivity index (χ2n) is 4.26. The molecule has 1 aromatic rings. The topological polar surface area (TPSA) is 112 Å². The summed E-state index contributed by atoms with van der Waals surface area (Å²) >= 11 is 0. The quantitative estimate of drug-likeness (QED) is 0.614. The van der Waals surface area contributed by atoms with Crippen molar-refractivity contribution in [2.75, 3.05) is 12.4 Å². The first-order chi connectivity index (χ1) is 9.34. The van der Waals surface area contributed by atoms with E-state index in [1.165, 1.54) is 6.08 Å². The normalized spacial score (nSPS) is 13.5. The van der Waals surface area contributed by atoms with Crippen LogP contribution in [0.5, 0.6) is 0 Å². The van der Waals surface area contributed by atoms with Crippen LogP contribution in [0.4, 0.5) is 0 Å². The van der Waals surface area contributed by atoms with Crippen LogP contribution >= 0.6 is 0 Å². The molecule has 7 heteroatoms. The van der Waals surface area contributed by atoms with Crippen molar-refractivity contribution in [2.24, 2.45) is 0 Å². The van der Waals surface area contributed by atoms with E-state index in [0.717, 1.165) is 6.08 Å². The Morgan fingerprint density at radius 3 is 2.55 bits per heavy atom. The molecule has 1 unspecified atom stereocenters. The Morgan fingerprint density at radius 2 is 1.95 bits per heavy atom. The van der Waals surface area contributed by atoms with Crippen molar-refractivity contribution in [2.45, 2.75) is 11.9 Å². The highest BCUT2D eigenvalue weighted by atomic mass is 32.2. The van der Waals surface area contributed by atoms with Gasteiger partial charge in [0.2, 0.25) is 0 Å². The van der Waals surface area contributed by atoms with Crippen LogP contribution in [0.2, 0.25) is 0 Å². The first kappa shape index (κ1) is 16.4. The van der Waals surface area contributed by atoms with Gasteiger partial charge < -0.3 is 15.3 Å². The van der Waals surface area contributed by atoms with E-state index in [4.69, 9.17) is 10.2 Å². The minimum Gasteiger partial charge on any atom is -0.478 e. The maximum Gasteiger partial charge on any atom is 0.328 e. The second kappa shape index (κ2) is 7.18. The molecule has 0 radical (unpaired) electrons. The summed E-state index contributed by atoms with van der Waals surface area (Å²) in [6.07, 6.45) is 0.922. The molecule has 0 heterocycles. The average molecular weight is 300 g/mol. The number of carboxylic acids is 1. The molecule has 6 nitrogen and oxygen atoms in total. The number of benzene rings is 1. The van der Waals surface area contributed by atoms with E-state index in [1.54, 1.807) is 24.3 Å². The van der Waals surface area contributed by atoms with Crippen molar-refractivity contribution >= 4 is 21.9 Å². The predicted octanol–water partition coefficient (Wildman–Crippen LogP) is 0.0524. The highest BCUT2D eigenvalue weighted by Crippen LogP contribution is 2.15. The Morgan fingerprint density at radius 1 is 1.30 bits per heavy atom. The number of sulfone groups is 1. The van der Waals surface area contributed by atoms with Crippen LogP contribution in [0.1, 0.15) is 11.1 Å². The van der Waals surface area contributed by atoms with Gasteiger partial charge in [0.25, 0.3) is 0 Å². The molecule has 0 aliphatic rings. The minimum atomic E-state index is -3.60. The fourth-order valence-corrected chi connectivity index (χ4v) is 3.18. The summed E-state index contributed by atoms with van der Waals surface area (Å²) in [5.74, 6) is -2.00. The van der Waals surface area contributed by atoms with Crippen LogP contribution in [0, 0.1) is 0 Å². The first-order valence-electron chi connectivity index (χ1n) is 5.82. The number of aliphatic carboxylic acids is 1. The fraction of sp³-hybridized carbons (Fsp3) is 0.308. The number of carboxylic acid groups (broad SMARTS) is 1. The van der Waals surface area contributed by atoms with Gasteiger partial charge in [0.1, 0.15) is 0 Å². The molecule has 1 aromatic carbocycles. The van der Waals surface area contributed by atoms with Crippen molar-refractivity contribution in [3.8, 4) is 0 Å². The van der Waals surface area contributed by atoms with Crippen molar-refractivity contribution in [3.05, 3.63) is 41.5 Å². The van der Waals surface area contributed by atoms with Gasteiger partial charge in [-0.05, 0) is 17.2 Å². The molecule has 110 valence electrons. The molecule has 0 aliphatic heterocycles. The van der Waals surface area contributed by atoms with E-state index in [1.807, 2.05) is 0 Å². The molecule has 1 atom stereocenters. The lowest BCUT2D eigenvalue weighted by Gasteiger charge is -2.10. The lowest BCUT2D eigenvalue weighted by molar-refractivity contribution is -0.131. The highest BCUT2D eigenvalue weighted by Gasteiger charge is 2.18. The largest absolute Gasteiger partial charge is 0.478 e. The van der Waals surface area contributed by atoms with Crippen LogP contribution < -0.4 is 0 Å². The van der Waals surface area contributed by atoms with E-state index >= 15 is 0 Å². The van der Waals surface area contributed by atoms with Crippen molar-refractivity contribution in [1.29, 1.82) is 0 Å². The van der Waals surface area contributed by atoms with E-state index in [0.29, 0.717) is 11.1 Å². The lowest BCUT2D eigenvalue weighted by Crippen LogP contribution is -2.25. The van der Waals surface area contributed by atoms with Gasteiger partial charge in [-0.1, -0.05) is 24.3 Å². The average Bonchev–Trinajstić information content (AvgIpc) is 2.36. The highest BCUT2D eigenvalue weighted by molar-refractivity contribution is 7.90. The summed E-state index contributed by atoms with van der Waals surface area (Å²) in [7, 11) is -3.60. The van der Waals surface area contributed by atoms with E-state index in [9.17, 15) is 18.3 Å². The van der Waals surface area contributed by atoms with Gasteiger partial charge in [-0.2, -0.15) is 0 Å². The number of rotatable bonds is 7. The number of aliphatic hydroxyl groups excluding tert-OH is 2. The zero-order chi connectivity index (χ0) is 15.2. The fourth-order valence-electron chi connectivity index (χ4n) is 1.63. The van der Waals surface area contributed by atoms with Gasteiger partial charge in [0.05, 0.1) is 24.2 Å². The maximum absolute atomic E-state index is 11.8. The molecule has 3 N–H and O–H groups in total. The Kier molecular flexibility index (Phi) is 5.87. The van der Waals surface area contributed by atoms with E-state index < -0.39 is 34.3 Å². The summed E-state index contributed by atoms with van der Waals surface area (Å²) in [4.78, 5) is 10.5. The SMILES string of the molecule is O=C(O)/C=C/c1ccccc1CS(=O)(=O)CC(O)CO. The molecule has 0 bridgehead atoms. The van der Waals surface area contributed by atoms with Crippen LogP contribution in [0.15, 0.2) is 30.3 Å². The third-order valence-electron chi connectivity index (χ3n) is 2.49. The number of hydrogen-bond acceptors (Lipinski definition) is 5. The smallest absolute Gasteiger partial charge is 0.328 e. The van der Waals surface area contributed by atoms with Gasteiger partial charge >= 0.3 is 5.97 Å². The monoisotopic (exact) mass is 300 g/mol. The summed E-state index contributed by atoms with van der Waals surface area (Å²) < 4.78 is 23.7. The third kappa shape index (κ3) is 5.52. The molecule has 0 fully saturated rings. The third-order valence-corrected chi connectivity index (χ3v) is 4.14. The van der Waals surface area contributed by atoms with Crippen LogP contribution in [0.3, 0.4) is 0 Å². The Hall–Kier alpha value is -1.70. The number of hydrogen-bond donors (Lipinski definition) is 3. The van der Waals surface area contributed by atoms with Gasteiger partial charge in [-0.25, -0.2) is 13.2 Å². The summed E-state index contributed by atoms with van der Waals surface area (Å²) in [5, 5.41) is 26.5. The van der Waals surface area contributed by atoms with Gasteiger partial charge in [-0.15, -0.1) is 0 Å². The molecule has 0 spiro atoms. The molecule has 0 aromatic heterocycles. The summed E-state index contributed by atoms with van der Waals surface area (Å²) in [5.41, 5.74) is 0.923. The molecule has 1 rings (SSSR count). The number of carbonyl (C=O) groups is 1. The molecule has 0 saturated carbocycles. The summed E-state index contributed by atoms with van der Waals surface area (Å²) in [6, 6.07) is 6.49. The maximum atomic E-state index is 11.8. The van der Waals surface area contributed by atoms with Gasteiger partial charge in [0, 0.05) is 6.08 Å². The van der Waals surface area contributed by atoms with Crippen LogP contribution in [-0.2, 0) is 20.4 Å². The number of aliphatic hydroxyl groups is 2. The Bertz CT molecular complexity index is 591. The van der Waals surface area contributed by atoms with Gasteiger partial charge in [0.15, 0.2) is 9.84 Å². The Labute approximate surface area is 116 Å². The second-order valence-corrected chi connectivity index (χ2v) is 6.37. The molecule has 0 saturated heterocycles. The first-order valence-corrected chi connectivity index (χ1v) is 7.64. The van der Waals surface area contributed by atoms with E-state index in [2.05, 4.69) is 0 Å². The predicted molar refractivity (Wildman–Crippen MR) is 73.7 cm³/mol. The molecule has 0 amide bonds. The molecule has 0 aliphatic carbocycles. The van der Waals surface area contributed by atoms with Crippen LogP contribution in [-0.4, -0.2) is 48.2 Å². The van der Waals surface area contributed by atoms with Crippen molar-refractivity contribution in [1.82, 2.24) is 0 Å². The molecular weight excluding hydrogens is 284 g/mol. The minimum absolute atomic E-state index is 0.329. The molecular formula is C13H16O6S. The summed E-state index contributed by atoms with van der Waals surface area (Å²) in [6.45, 7) is -0.625. The van der Waals surface area contributed by atoms with Crippen LogP contribution in [0.25, 0.3) is 6.08 Å². The lowest BCUT2D eigenvalue weighted by atomic mass is 10.1. The standard InChI is InChI=1S/C13H16O6S/c14-7-12(15)9-20(18,19)8-11-4-2-1-3-10(11)5-6-13(16)17/h1-6,12,14-15H,7-9H2,(H,16,17)/b6-5+. The zero-order valence-corrected chi connectivity index (χ0v) is 11.5. The van der Waals surface area contributed by atoms with E-state index in [-0.39, 0.29) is 5.75 Å².